The number of fused-ring (bicyclic) bond motifs is 10. The first-order valence-electron chi connectivity index (χ1n) is 18.7. The Hall–Kier alpha value is -6.25. The van der Waals surface area contributed by atoms with E-state index in [4.69, 9.17) is 4.98 Å². The maximum absolute atomic E-state index is 5.15. The van der Waals surface area contributed by atoms with Gasteiger partial charge in [-0.2, -0.15) is 0 Å². The molecule has 0 bridgehead atoms. The highest BCUT2D eigenvalue weighted by Gasteiger charge is 2.42. The average molecular weight is 679 g/mol. The first kappa shape index (κ1) is 30.4. The second kappa shape index (κ2) is 10.6. The maximum Gasteiger partial charge on any atom is 0.145 e. The van der Waals surface area contributed by atoms with Gasteiger partial charge in [-0.1, -0.05) is 131 Å². The highest BCUT2D eigenvalue weighted by atomic mass is 15.1. The van der Waals surface area contributed by atoms with E-state index in [2.05, 4.69) is 190 Å². The lowest BCUT2D eigenvalue weighted by Gasteiger charge is -2.24. The van der Waals surface area contributed by atoms with Crippen LogP contribution in [0.15, 0.2) is 158 Å². The molecular formula is C51H38N2. The molecule has 9 aromatic rings. The second-order valence-electron chi connectivity index (χ2n) is 16.0. The quantitative estimate of drug-likeness (QED) is 0.170. The highest BCUT2D eigenvalue weighted by Crippen LogP contribution is 2.58. The van der Waals surface area contributed by atoms with Crippen molar-refractivity contribution in [3.05, 3.63) is 180 Å². The Morgan fingerprint density at radius 3 is 1.81 bits per heavy atom. The van der Waals surface area contributed by atoms with Gasteiger partial charge in [0.1, 0.15) is 5.82 Å². The van der Waals surface area contributed by atoms with Gasteiger partial charge in [-0.05, 0) is 132 Å². The number of hydrogen-bond acceptors (Lipinski definition) is 1. The Kier molecular flexibility index (Phi) is 6.11. The van der Waals surface area contributed by atoms with Crippen LogP contribution in [0.4, 0.5) is 0 Å². The van der Waals surface area contributed by atoms with Crippen LogP contribution in [0.25, 0.3) is 83.0 Å². The van der Waals surface area contributed by atoms with E-state index in [1.807, 2.05) is 0 Å². The monoisotopic (exact) mass is 678 g/mol. The van der Waals surface area contributed by atoms with E-state index >= 15 is 0 Å². The summed E-state index contributed by atoms with van der Waals surface area (Å²) in [4.78, 5) is 5.15. The molecule has 0 fully saturated rings. The van der Waals surface area contributed by atoms with Crippen molar-refractivity contribution in [2.75, 3.05) is 0 Å². The molecule has 0 amide bonds. The molecule has 0 saturated carbocycles. The Bertz CT molecular complexity index is 2980. The second-order valence-corrected chi connectivity index (χ2v) is 16.0. The van der Waals surface area contributed by atoms with Crippen molar-refractivity contribution >= 4 is 32.6 Å². The molecule has 2 nitrogen and oxygen atoms in total. The van der Waals surface area contributed by atoms with E-state index in [0.717, 1.165) is 28.1 Å². The molecule has 0 spiro atoms. The molecule has 1 aromatic heterocycles. The van der Waals surface area contributed by atoms with Gasteiger partial charge in [0.25, 0.3) is 0 Å². The summed E-state index contributed by atoms with van der Waals surface area (Å²) < 4.78 is 2.28. The van der Waals surface area contributed by atoms with Crippen LogP contribution in [0.1, 0.15) is 49.9 Å². The summed E-state index contributed by atoms with van der Waals surface area (Å²) in [6, 6.07) is 58.3. The molecule has 8 aromatic carbocycles. The molecule has 2 aliphatic carbocycles. The van der Waals surface area contributed by atoms with E-state index in [9.17, 15) is 0 Å². The lowest BCUT2D eigenvalue weighted by atomic mass is 9.79. The van der Waals surface area contributed by atoms with Gasteiger partial charge in [0.05, 0.1) is 11.0 Å². The van der Waals surface area contributed by atoms with Crippen molar-refractivity contribution in [2.45, 2.75) is 38.5 Å². The van der Waals surface area contributed by atoms with Gasteiger partial charge in [-0.15, -0.1) is 0 Å². The van der Waals surface area contributed by atoms with Crippen molar-refractivity contribution in [1.82, 2.24) is 9.55 Å². The van der Waals surface area contributed by atoms with Crippen LogP contribution in [-0.2, 0) is 10.8 Å². The predicted octanol–water partition coefficient (Wildman–Crippen LogP) is 13.3. The number of imidazole rings is 1. The van der Waals surface area contributed by atoms with Gasteiger partial charge >= 0.3 is 0 Å². The lowest BCUT2D eigenvalue weighted by Crippen LogP contribution is -2.17. The number of para-hydroxylation sites is 3. The van der Waals surface area contributed by atoms with Crippen molar-refractivity contribution in [2.24, 2.45) is 0 Å². The van der Waals surface area contributed by atoms with E-state index in [1.165, 1.54) is 77.2 Å². The first-order chi connectivity index (χ1) is 25.8. The summed E-state index contributed by atoms with van der Waals surface area (Å²) in [6.07, 6.45) is 0. The Balaban J connectivity index is 1.13. The van der Waals surface area contributed by atoms with Crippen LogP contribution in [0.5, 0.6) is 0 Å². The third-order valence-corrected chi connectivity index (χ3v) is 12.4. The fourth-order valence-electron chi connectivity index (χ4n) is 9.60. The standard InChI is InChI=1S/C51H38N2/c1-50(2)42-19-11-10-18-36(42)39-29-44-41(30-43(39)50)48-40-27-34-15-9-8-14-33(34)26-38(40)37(28-45(48)51(44,3)4)31-22-24-32(25-23-31)49-52-46-20-12-13-21-47(46)53(49)35-16-6-5-7-17-35/h5-30H,1-4H3. The van der Waals surface area contributed by atoms with Crippen LogP contribution in [0, 0.1) is 0 Å². The number of hydrogen-bond donors (Lipinski definition) is 0. The molecule has 2 aliphatic rings. The normalized spacial score (nSPS) is 14.7. The fraction of sp³-hybridized carbons (Fsp3) is 0.118. The van der Waals surface area contributed by atoms with Crippen LogP contribution in [-0.4, -0.2) is 9.55 Å². The molecule has 2 heteroatoms. The number of nitrogens with zero attached hydrogens (tertiary/aromatic N) is 2. The smallest absolute Gasteiger partial charge is 0.145 e. The zero-order chi connectivity index (χ0) is 35.6. The minimum atomic E-state index is -0.170. The maximum atomic E-state index is 5.15. The summed E-state index contributed by atoms with van der Waals surface area (Å²) in [6.45, 7) is 9.62. The number of aromatic nitrogens is 2. The molecule has 0 unspecified atom stereocenters. The summed E-state index contributed by atoms with van der Waals surface area (Å²) in [7, 11) is 0. The Morgan fingerprint density at radius 2 is 1.02 bits per heavy atom. The molecule has 252 valence electrons. The third-order valence-electron chi connectivity index (χ3n) is 12.4. The molecule has 53 heavy (non-hydrogen) atoms. The van der Waals surface area contributed by atoms with Crippen LogP contribution >= 0.6 is 0 Å². The van der Waals surface area contributed by atoms with Gasteiger partial charge in [0, 0.05) is 22.1 Å². The summed E-state index contributed by atoms with van der Waals surface area (Å²) in [5.41, 5.74) is 17.7. The van der Waals surface area contributed by atoms with Gasteiger partial charge in [-0.3, -0.25) is 4.57 Å². The zero-order valence-corrected chi connectivity index (χ0v) is 30.4. The molecule has 0 saturated heterocycles. The van der Waals surface area contributed by atoms with Crippen LogP contribution in [0.2, 0.25) is 0 Å². The topological polar surface area (TPSA) is 17.8 Å². The molecular weight excluding hydrogens is 641 g/mol. The van der Waals surface area contributed by atoms with Crippen molar-refractivity contribution in [3.63, 3.8) is 0 Å². The van der Waals surface area contributed by atoms with Crippen LogP contribution < -0.4 is 0 Å². The highest BCUT2D eigenvalue weighted by molar-refractivity contribution is 6.14. The average Bonchev–Trinajstić information content (AvgIpc) is 3.76. The Labute approximate surface area is 310 Å². The van der Waals surface area contributed by atoms with Crippen molar-refractivity contribution < 1.29 is 0 Å². The molecule has 0 radical (unpaired) electrons. The minimum Gasteiger partial charge on any atom is -0.292 e. The van der Waals surface area contributed by atoms with Crippen molar-refractivity contribution in [1.29, 1.82) is 0 Å². The summed E-state index contributed by atoms with van der Waals surface area (Å²) >= 11 is 0. The largest absolute Gasteiger partial charge is 0.292 e. The van der Waals surface area contributed by atoms with E-state index in [-0.39, 0.29) is 10.8 Å². The molecule has 0 atom stereocenters. The molecule has 0 aliphatic heterocycles. The van der Waals surface area contributed by atoms with E-state index in [1.54, 1.807) is 0 Å². The van der Waals surface area contributed by atoms with E-state index < -0.39 is 0 Å². The zero-order valence-electron chi connectivity index (χ0n) is 30.4. The number of rotatable bonds is 3. The summed E-state index contributed by atoms with van der Waals surface area (Å²) in [5.74, 6) is 0.947. The van der Waals surface area contributed by atoms with Gasteiger partial charge in [-0.25, -0.2) is 4.98 Å². The number of benzene rings is 8. The third kappa shape index (κ3) is 4.18. The lowest BCUT2D eigenvalue weighted by molar-refractivity contribution is 0.652. The molecule has 11 rings (SSSR count). The molecule has 1 heterocycles. The van der Waals surface area contributed by atoms with Crippen molar-refractivity contribution in [3.8, 4) is 50.5 Å². The predicted molar refractivity (Wildman–Crippen MR) is 222 cm³/mol. The van der Waals surface area contributed by atoms with Gasteiger partial charge in [0.15, 0.2) is 0 Å². The van der Waals surface area contributed by atoms with E-state index in [0.29, 0.717) is 0 Å². The van der Waals surface area contributed by atoms with Crippen LogP contribution in [0.3, 0.4) is 0 Å². The minimum absolute atomic E-state index is 0.0564. The first-order valence-corrected chi connectivity index (χ1v) is 18.7. The summed E-state index contributed by atoms with van der Waals surface area (Å²) in [5, 5.41) is 5.15. The SMILES string of the molecule is CC1(C)c2ccccc2-c2cc3c(cc21)-c1c(cc(-c2ccc(-c4nc5ccccc5n4-c4ccccc4)cc2)c2cc4ccccc4cc12)C3(C)C. The molecule has 0 N–H and O–H groups in total. The Morgan fingerprint density at radius 1 is 0.434 bits per heavy atom. The van der Waals surface area contributed by atoms with Gasteiger partial charge < -0.3 is 0 Å². The van der Waals surface area contributed by atoms with Gasteiger partial charge in [0.2, 0.25) is 0 Å². The fourth-order valence-corrected chi connectivity index (χ4v) is 9.60.